The van der Waals surface area contributed by atoms with Crippen molar-refractivity contribution in [2.45, 2.75) is 39.3 Å². The van der Waals surface area contributed by atoms with Crippen molar-refractivity contribution in [2.75, 3.05) is 6.61 Å². The second-order valence-electron chi connectivity index (χ2n) is 8.17. The molecule has 11 heteroatoms. The molecule has 0 aliphatic rings. The lowest BCUT2D eigenvalue weighted by atomic mass is 10.0. The predicted molar refractivity (Wildman–Crippen MR) is 151 cm³/mol. The maximum Gasteiger partial charge on any atom is 0.262 e. The van der Waals surface area contributed by atoms with Gasteiger partial charge >= 0.3 is 0 Å². The molecule has 2 amide bonds. The number of carbonyl (C=O) groups excluding carboxylic acids is 2. The highest BCUT2D eigenvalue weighted by Crippen LogP contribution is 2.34. The lowest BCUT2D eigenvalue weighted by Gasteiger charge is -2.22. The Hall–Kier alpha value is -2.07. The van der Waals surface area contributed by atoms with E-state index in [1.54, 1.807) is 37.3 Å². The van der Waals surface area contributed by atoms with Gasteiger partial charge in [-0.05, 0) is 87.0 Å². The summed E-state index contributed by atoms with van der Waals surface area (Å²) in [6.07, 6.45) is 2.66. The number of benzene rings is 2. The molecule has 0 aliphatic carbocycles. The van der Waals surface area contributed by atoms with E-state index in [-0.39, 0.29) is 10.9 Å². The molecule has 0 spiro atoms. The Labute approximate surface area is 237 Å². The summed E-state index contributed by atoms with van der Waals surface area (Å²) in [7, 11) is 0. The summed E-state index contributed by atoms with van der Waals surface area (Å²) < 4.78 is 12.7. The van der Waals surface area contributed by atoms with Crippen LogP contribution in [-0.4, -0.2) is 36.8 Å². The van der Waals surface area contributed by atoms with E-state index in [1.807, 2.05) is 13.8 Å². The van der Waals surface area contributed by atoms with Crippen molar-refractivity contribution in [3.63, 3.8) is 0 Å². The van der Waals surface area contributed by atoms with Gasteiger partial charge in [-0.2, -0.15) is 5.10 Å². The molecular weight excluding hydrogens is 637 g/mol. The van der Waals surface area contributed by atoms with Crippen molar-refractivity contribution in [2.24, 2.45) is 11.0 Å². The zero-order valence-corrected chi connectivity index (χ0v) is 24.7. The number of nitrogens with zero attached hydrogens (tertiary/aromatic N) is 1. The van der Waals surface area contributed by atoms with Crippen LogP contribution in [0.2, 0.25) is 10.0 Å². The Morgan fingerprint density at radius 1 is 1.11 bits per heavy atom. The third kappa shape index (κ3) is 9.42. The molecule has 2 aromatic rings. The molecule has 2 rings (SSSR count). The minimum absolute atomic E-state index is 0.141. The smallest absolute Gasteiger partial charge is 0.262 e. The summed E-state index contributed by atoms with van der Waals surface area (Å²) in [6.45, 7) is 9.47. The van der Waals surface area contributed by atoms with E-state index < -0.39 is 24.0 Å². The van der Waals surface area contributed by atoms with Gasteiger partial charge in [-0.3, -0.25) is 9.59 Å². The first-order chi connectivity index (χ1) is 17.0. The van der Waals surface area contributed by atoms with E-state index in [9.17, 15) is 9.59 Å². The van der Waals surface area contributed by atoms with Gasteiger partial charge in [0.25, 0.3) is 11.8 Å². The van der Waals surface area contributed by atoms with Gasteiger partial charge in [0, 0.05) is 5.02 Å². The Bertz CT molecular complexity index is 1110. The zero-order chi connectivity index (χ0) is 26.8. The average molecular weight is 664 g/mol. The number of amides is 2. The van der Waals surface area contributed by atoms with Crippen molar-refractivity contribution < 1.29 is 19.1 Å². The topological polar surface area (TPSA) is 89.0 Å². The first-order valence-corrected chi connectivity index (χ1v) is 13.3. The van der Waals surface area contributed by atoms with E-state index in [0.717, 1.165) is 0 Å². The van der Waals surface area contributed by atoms with Gasteiger partial charge in [0.2, 0.25) is 0 Å². The number of hydrogen-bond acceptors (Lipinski definition) is 5. The minimum Gasteiger partial charge on any atom is -0.487 e. The van der Waals surface area contributed by atoms with Crippen LogP contribution in [0.25, 0.3) is 0 Å². The lowest BCUT2D eigenvalue weighted by Crippen LogP contribution is -2.49. The molecule has 0 bridgehead atoms. The Morgan fingerprint density at radius 3 is 2.36 bits per heavy atom. The highest BCUT2D eigenvalue weighted by molar-refractivity contribution is 9.11. The summed E-state index contributed by atoms with van der Waals surface area (Å²) >= 11 is 18.9. The van der Waals surface area contributed by atoms with E-state index >= 15 is 0 Å². The van der Waals surface area contributed by atoms with Crippen LogP contribution in [0.15, 0.2) is 57.0 Å². The fourth-order valence-corrected chi connectivity index (χ4v) is 4.89. The third-order valence-corrected chi connectivity index (χ3v) is 6.37. The van der Waals surface area contributed by atoms with Crippen molar-refractivity contribution in [1.82, 2.24) is 10.7 Å². The van der Waals surface area contributed by atoms with Gasteiger partial charge in [-0.15, -0.1) is 0 Å². The molecule has 0 fully saturated rings. The van der Waals surface area contributed by atoms with Crippen molar-refractivity contribution >= 4 is 73.1 Å². The van der Waals surface area contributed by atoms with Gasteiger partial charge in [-0.1, -0.05) is 49.7 Å². The Morgan fingerprint density at radius 2 is 1.78 bits per heavy atom. The highest BCUT2D eigenvalue weighted by Gasteiger charge is 2.25. The summed E-state index contributed by atoms with van der Waals surface area (Å²) in [4.78, 5) is 25.6. The molecular formula is C25H27Br2Cl2N3O4. The highest BCUT2D eigenvalue weighted by atomic mass is 79.9. The van der Waals surface area contributed by atoms with Crippen LogP contribution in [0.5, 0.6) is 11.5 Å². The SMILES string of the molecule is C=CCOc1c(Br)cc(/C=N\NC(=O)[C@H](CC(C)C)NC(=O)[C@@H](C)Oc2ccc(Cl)cc2Cl)cc1Br. The van der Waals surface area contributed by atoms with E-state index in [0.29, 0.717) is 44.1 Å². The summed E-state index contributed by atoms with van der Waals surface area (Å²) in [5.74, 6) is 0.174. The number of ether oxygens (including phenoxy) is 2. The molecule has 0 radical (unpaired) electrons. The zero-order valence-electron chi connectivity index (χ0n) is 20.0. The van der Waals surface area contributed by atoms with Crippen LogP contribution in [0.3, 0.4) is 0 Å². The second kappa shape index (κ2) is 14.6. The fourth-order valence-electron chi connectivity index (χ4n) is 2.99. The molecule has 0 aromatic heterocycles. The Kier molecular flexibility index (Phi) is 12.2. The molecule has 0 saturated heterocycles. The van der Waals surface area contributed by atoms with Crippen LogP contribution < -0.4 is 20.2 Å². The van der Waals surface area contributed by atoms with Gasteiger partial charge in [0.1, 0.15) is 24.1 Å². The molecule has 194 valence electrons. The molecule has 36 heavy (non-hydrogen) atoms. The standard InChI is InChI=1S/C25H27Br2Cl2N3O4/c1-5-8-35-23-18(26)10-16(11-19(23)27)13-30-32-25(34)21(9-14(2)3)31-24(33)15(4)36-22-7-6-17(28)12-20(22)29/h5-7,10-15,21H,1,8-9H2,2-4H3,(H,31,33)(H,32,34)/b30-13-/t15-,21+/m1/s1. The van der Waals surface area contributed by atoms with Crippen LogP contribution in [0, 0.1) is 5.92 Å². The Balaban J connectivity index is 2.04. The van der Waals surface area contributed by atoms with Crippen LogP contribution in [0.4, 0.5) is 0 Å². The van der Waals surface area contributed by atoms with Crippen LogP contribution in [0.1, 0.15) is 32.8 Å². The van der Waals surface area contributed by atoms with Crippen molar-refractivity contribution in [3.05, 3.63) is 67.5 Å². The number of nitrogens with one attached hydrogen (secondary N) is 2. The summed E-state index contributed by atoms with van der Waals surface area (Å²) in [6, 6.07) is 7.50. The largest absolute Gasteiger partial charge is 0.487 e. The van der Waals surface area contributed by atoms with Gasteiger partial charge in [0.05, 0.1) is 20.2 Å². The molecule has 2 N–H and O–H groups in total. The van der Waals surface area contributed by atoms with Crippen LogP contribution >= 0.6 is 55.1 Å². The van der Waals surface area contributed by atoms with E-state index in [4.69, 9.17) is 32.7 Å². The molecule has 2 atom stereocenters. The number of rotatable bonds is 12. The molecule has 0 saturated carbocycles. The van der Waals surface area contributed by atoms with Crippen molar-refractivity contribution in [3.8, 4) is 11.5 Å². The third-order valence-electron chi connectivity index (χ3n) is 4.66. The fraction of sp³-hybridized carbons (Fsp3) is 0.320. The quantitative estimate of drug-likeness (QED) is 0.154. The molecule has 0 heterocycles. The van der Waals surface area contributed by atoms with E-state index in [1.165, 1.54) is 12.3 Å². The first-order valence-electron chi connectivity index (χ1n) is 11.0. The maximum atomic E-state index is 12.8. The molecule has 0 unspecified atom stereocenters. The molecule has 7 nitrogen and oxygen atoms in total. The van der Waals surface area contributed by atoms with Gasteiger partial charge in [0.15, 0.2) is 6.10 Å². The number of halogens is 4. The summed E-state index contributed by atoms with van der Waals surface area (Å²) in [5.41, 5.74) is 3.21. The lowest BCUT2D eigenvalue weighted by molar-refractivity contribution is -0.132. The normalized spacial score (nSPS) is 12.8. The van der Waals surface area contributed by atoms with Crippen molar-refractivity contribution in [1.29, 1.82) is 0 Å². The number of hydrazone groups is 1. The first kappa shape index (κ1) is 30.2. The minimum atomic E-state index is -0.897. The summed E-state index contributed by atoms with van der Waals surface area (Å²) in [5, 5.41) is 7.52. The average Bonchev–Trinajstić information content (AvgIpc) is 2.79. The maximum absolute atomic E-state index is 12.8. The van der Waals surface area contributed by atoms with Crippen LogP contribution in [-0.2, 0) is 9.59 Å². The second-order valence-corrected chi connectivity index (χ2v) is 10.7. The monoisotopic (exact) mass is 661 g/mol. The molecule has 0 aliphatic heterocycles. The predicted octanol–water partition coefficient (Wildman–Crippen LogP) is 6.53. The number of hydrogen-bond donors (Lipinski definition) is 2. The number of carbonyl (C=O) groups is 2. The van der Waals surface area contributed by atoms with Gasteiger partial charge < -0.3 is 14.8 Å². The van der Waals surface area contributed by atoms with Gasteiger partial charge in [-0.25, -0.2) is 5.43 Å². The van der Waals surface area contributed by atoms with E-state index in [2.05, 4.69) is 54.3 Å². The molecule has 2 aromatic carbocycles.